The van der Waals surface area contributed by atoms with Crippen molar-refractivity contribution in [3.63, 3.8) is 0 Å². The lowest BCUT2D eigenvalue weighted by Gasteiger charge is -2.26. The van der Waals surface area contributed by atoms with Crippen LogP contribution in [0.4, 0.5) is 0 Å². The molecule has 0 saturated carbocycles. The van der Waals surface area contributed by atoms with Crippen LogP contribution >= 0.6 is 0 Å². The lowest BCUT2D eigenvalue weighted by atomic mass is 9.82. The molecule has 0 aromatic heterocycles. The van der Waals surface area contributed by atoms with Crippen molar-refractivity contribution in [1.29, 1.82) is 0 Å². The average Bonchev–Trinajstić information content (AvgIpc) is 2.36. The van der Waals surface area contributed by atoms with Crippen LogP contribution < -0.4 is 10.5 Å². The first-order chi connectivity index (χ1) is 7.61. The molecule has 3 heteroatoms. The van der Waals surface area contributed by atoms with Gasteiger partial charge in [-0.2, -0.15) is 0 Å². The third-order valence-electron chi connectivity index (χ3n) is 3.16. The first-order valence-corrected chi connectivity index (χ1v) is 5.59. The molecule has 1 unspecified atom stereocenters. The summed E-state index contributed by atoms with van der Waals surface area (Å²) in [5.74, 6) is 0.892. The summed E-state index contributed by atoms with van der Waals surface area (Å²) < 4.78 is 5.28. The summed E-state index contributed by atoms with van der Waals surface area (Å²) >= 11 is 0. The number of nitrogens with two attached hydrogens (primary N) is 1. The van der Waals surface area contributed by atoms with Crippen molar-refractivity contribution in [1.82, 2.24) is 0 Å². The van der Waals surface area contributed by atoms with Crippen LogP contribution in [0.15, 0.2) is 18.2 Å². The van der Waals surface area contributed by atoms with Gasteiger partial charge < -0.3 is 15.6 Å². The van der Waals surface area contributed by atoms with Crippen LogP contribution in [0.2, 0.25) is 0 Å². The SMILES string of the molecule is CCc1cc(C(C)(CN)CO)ccc1OC. The molecule has 3 nitrogen and oxygen atoms in total. The maximum absolute atomic E-state index is 9.42. The smallest absolute Gasteiger partial charge is 0.122 e. The minimum atomic E-state index is -0.365. The van der Waals surface area contributed by atoms with E-state index in [2.05, 4.69) is 13.0 Å². The minimum Gasteiger partial charge on any atom is -0.496 e. The lowest BCUT2D eigenvalue weighted by Crippen LogP contribution is -2.35. The van der Waals surface area contributed by atoms with Gasteiger partial charge in [-0.15, -0.1) is 0 Å². The van der Waals surface area contributed by atoms with Crippen LogP contribution in [0.1, 0.15) is 25.0 Å². The van der Waals surface area contributed by atoms with Gasteiger partial charge in [-0.05, 0) is 23.6 Å². The molecule has 1 atom stereocenters. The Morgan fingerprint density at radius 1 is 1.44 bits per heavy atom. The highest BCUT2D eigenvalue weighted by atomic mass is 16.5. The number of hydrogen-bond donors (Lipinski definition) is 2. The third-order valence-corrected chi connectivity index (χ3v) is 3.16. The highest BCUT2D eigenvalue weighted by molar-refractivity contribution is 5.40. The number of aliphatic hydroxyl groups is 1. The highest BCUT2D eigenvalue weighted by Crippen LogP contribution is 2.28. The van der Waals surface area contributed by atoms with E-state index in [0.29, 0.717) is 6.54 Å². The van der Waals surface area contributed by atoms with E-state index in [-0.39, 0.29) is 12.0 Å². The van der Waals surface area contributed by atoms with Gasteiger partial charge in [0.1, 0.15) is 5.75 Å². The second-order valence-corrected chi connectivity index (χ2v) is 4.30. The van der Waals surface area contributed by atoms with Crippen LogP contribution in [0.3, 0.4) is 0 Å². The molecule has 90 valence electrons. The van der Waals surface area contributed by atoms with E-state index < -0.39 is 0 Å². The molecule has 1 aromatic carbocycles. The molecule has 0 aliphatic carbocycles. The number of aliphatic hydroxyl groups excluding tert-OH is 1. The first kappa shape index (κ1) is 13.0. The van der Waals surface area contributed by atoms with Crippen molar-refractivity contribution in [3.05, 3.63) is 29.3 Å². The van der Waals surface area contributed by atoms with Crippen LogP contribution in [0.25, 0.3) is 0 Å². The summed E-state index contributed by atoms with van der Waals surface area (Å²) in [5.41, 5.74) is 7.57. The topological polar surface area (TPSA) is 55.5 Å². The molecule has 1 rings (SSSR count). The van der Waals surface area contributed by atoms with E-state index in [9.17, 15) is 5.11 Å². The molecule has 0 aliphatic rings. The molecule has 0 heterocycles. The Kier molecular flexibility index (Phi) is 4.33. The van der Waals surface area contributed by atoms with E-state index in [1.165, 1.54) is 0 Å². The van der Waals surface area contributed by atoms with Crippen molar-refractivity contribution < 1.29 is 9.84 Å². The Morgan fingerprint density at radius 2 is 2.12 bits per heavy atom. The Balaban J connectivity index is 3.16. The standard InChI is InChI=1S/C13H21NO2/c1-4-10-7-11(5-6-12(10)16-3)13(2,8-14)9-15/h5-7,15H,4,8-9,14H2,1-3H3. The molecule has 0 saturated heterocycles. The molecule has 0 aliphatic heterocycles. The molecule has 0 amide bonds. The minimum absolute atomic E-state index is 0.0545. The third kappa shape index (κ3) is 2.36. The quantitative estimate of drug-likeness (QED) is 0.794. The summed E-state index contributed by atoms with van der Waals surface area (Å²) in [7, 11) is 1.67. The fourth-order valence-electron chi connectivity index (χ4n) is 1.70. The summed E-state index contributed by atoms with van der Waals surface area (Å²) in [6, 6.07) is 5.99. The van der Waals surface area contributed by atoms with E-state index in [1.807, 2.05) is 19.1 Å². The first-order valence-electron chi connectivity index (χ1n) is 5.59. The second-order valence-electron chi connectivity index (χ2n) is 4.30. The van der Waals surface area contributed by atoms with Crippen molar-refractivity contribution >= 4 is 0 Å². The summed E-state index contributed by atoms with van der Waals surface area (Å²) in [5, 5.41) is 9.42. The molecule has 0 fully saturated rings. The van der Waals surface area contributed by atoms with E-state index in [1.54, 1.807) is 7.11 Å². The number of aryl methyl sites for hydroxylation is 1. The van der Waals surface area contributed by atoms with Crippen LogP contribution in [-0.4, -0.2) is 25.4 Å². The van der Waals surface area contributed by atoms with Crippen molar-refractivity contribution in [2.45, 2.75) is 25.7 Å². The number of benzene rings is 1. The number of hydrogen-bond acceptors (Lipinski definition) is 3. The zero-order chi connectivity index (χ0) is 12.2. The highest BCUT2D eigenvalue weighted by Gasteiger charge is 2.24. The van der Waals surface area contributed by atoms with Gasteiger partial charge in [-0.25, -0.2) is 0 Å². The Hall–Kier alpha value is -1.06. The normalized spacial score (nSPS) is 14.6. The molecular formula is C13H21NO2. The van der Waals surface area contributed by atoms with Gasteiger partial charge in [-0.3, -0.25) is 0 Å². The zero-order valence-electron chi connectivity index (χ0n) is 10.3. The van der Waals surface area contributed by atoms with Crippen molar-refractivity contribution in [2.75, 3.05) is 20.3 Å². The average molecular weight is 223 g/mol. The van der Waals surface area contributed by atoms with Gasteiger partial charge in [0.05, 0.1) is 13.7 Å². The van der Waals surface area contributed by atoms with E-state index in [0.717, 1.165) is 23.3 Å². The van der Waals surface area contributed by atoms with Crippen LogP contribution in [0, 0.1) is 0 Å². The number of rotatable bonds is 5. The molecule has 16 heavy (non-hydrogen) atoms. The number of methoxy groups -OCH3 is 1. The van der Waals surface area contributed by atoms with Gasteiger partial charge in [0, 0.05) is 12.0 Å². The van der Waals surface area contributed by atoms with Crippen LogP contribution in [0.5, 0.6) is 5.75 Å². The number of ether oxygens (including phenoxy) is 1. The van der Waals surface area contributed by atoms with E-state index in [4.69, 9.17) is 10.5 Å². The summed E-state index contributed by atoms with van der Waals surface area (Å²) in [4.78, 5) is 0. The monoisotopic (exact) mass is 223 g/mol. The molecule has 0 bridgehead atoms. The van der Waals surface area contributed by atoms with Gasteiger partial charge in [-0.1, -0.05) is 26.0 Å². The fraction of sp³-hybridized carbons (Fsp3) is 0.538. The molecular weight excluding hydrogens is 202 g/mol. The summed E-state index contributed by atoms with van der Waals surface area (Å²) in [6.07, 6.45) is 0.906. The molecule has 0 spiro atoms. The van der Waals surface area contributed by atoms with Gasteiger partial charge in [0.15, 0.2) is 0 Å². The van der Waals surface area contributed by atoms with E-state index >= 15 is 0 Å². The fourth-order valence-corrected chi connectivity index (χ4v) is 1.70. The predicted molar refractivity (Wildman–Crippen MR) is 65.9 cm³/mol. The molecule has 3 N–H and O–H groups in total. The Morgan fingerprint density at radius 3 is 2.56 bits per heavy atom. The zero-order valence-corrected chi connectivity index (χ0v) is 10.3. The maximum Gasteiger partial charge on any atom is 0.122 e. The van der Waals surface area contributed by atoms with Gasteiger partial charge in [0.2, 0.25) is 0 Å². The van der Waals surface area contributed by atoms with Crippen molar-refractivity contribution in [3.8, 4) is 5.75 Å². The maximum atomic E-state index is 9.42. The van der Waals surface area contributed by atoms with Gasteiger partial charge >= 0.3 is 0 Å². The van der Waals surface area contributed by atoms with Gasteiger partial charge in [0.25, 0.3) is 0 Å². The second kappa shape index (κ2) is 5.32. The Bertz CT molecular complexity index is 346. The summed E-state index contributed by atoms with van der Waals surface area (Å²) in [6.45, 7) is 4.53. The largest absolute Gasteiger partial charge is 0.496 e. The molecule has 1 aromatic rings. The Labute approximate surface area is 97.2 Å². The predicted octanol–water partition coefficient (Wildman–Crippen LogP) is 1.47. The molecule has 0 radical (unpaired) electrons. The van der Waals surface area contributed by atoms with Crippen LogP contribution in [-0.2, 0) is 11.8 Å². The lowest BCUT2D eigenvalue weighted by molar-refractivity contribution is 0.210. The van der Waals surface area contributed by atoms with Crippen molar-refractivity contribution in [2.24, 2.45) is 5.73 Å².